The molecule has 0 saturated carbocycles. The Morgan fingerprint density at radius 2 is 1.93 bits per heavy atom. The zero-order valence-electron chi connectivity index (χ0n) is 7.60. The number of nitrogens with two attached hydrogens (primary N) is 1. The summed E-state index contributed by atoms with van der Waals surface area (Å²) in [4.78, 5) is 0. The zero-order chi connectivity index (χ0) is 10.4. The van der Waals surface area contributed by atoms with Gasteiger partial charge in [0.1, 0.15) is 0 Å². The van der Waals surface area contributed by atoms with Crippen LogP contribution in [0.4, 0.5) is 0 Å². The molecule has 3 nitrogen and oxygen atoms in total. The Morgan fingerprint density at radius 3 is 2.43 bits per heavy atom. The largest absolute Gasteiger partial charge is 0.375 e. The Bertz CT molecular complexity index is 354. The second-order valence-corrected chi connectivity index (χ2v) is 3.04. The number of nitrogens with zero attached hydrogens (tertiary/aromatic N) is 1. The van der Waals surface area contributed by atoms with E-state index in [-0.39, 0.29) is 5.11 Å². The number of hydrogen-bond acceptors (Lipinski definition) is 2. The topological polar surface area (TPSA) is 50.4 Å². The van der Waals surface area contributed by atoms with Gasteiger partial charge in [0.2, 0.25) is 0 Å². The summed E-state index contributed by atoms with van der Waals surface area (Å²) in [7, 11) is 0. The van der Waals surface area contributed by atoms with Crippen LogP contribution in [0.5, 0.6) is 0 Å². The average Bonchev–Trinajstić information content (AvgIpc) is 2.18. The first-order valence-electron chi connectivity index (χ1n) is 4.03. The monoisotopic (exact) mass is 205 g/mol. The fraction of sp³-hybridized carbons (Fsp3) is 0. The van der Waals surface area contributed by atoms with E-state index in [0.29, 0.717) is 0 Å². The molecule has 0 aliphatic heterocycles. The first-order valence-corrected chi connectivity index (χ1v) is 4.44. The van der Waals surface area contributed by atoms with Crippen LogP contribution < -0.4 is 11.2 Å². The highest BCUT2D eigenvalue weighted by molar-refractivity contribution is 7.80. The Kier molecular flexibility index (Phi) is 3.82. The maximum Gasteiger partial charge on any atom is 0.184 e. The van der Waals surface area contributed by atoms with Crippen LogP contribution in [0.3, 0.4) is 0 Å². The van der Waals surface area contributed by atoms with Crippen LogP contribution in [0.2, 0.25) is 0 Å². The summed E-state index contributed by atoms with van der Waals surface area (Å²) in [5, 5.41) is 3.99. The standard InChI is InChI=1S/C10H11N3S/c1-2-8-3-5-9(6-4-8)7-12-13-10(11)14/h2-7H,1H2,(H3,11,13,14). The van der Waals surface area contributed by atoms with Gasteiger partial charge in [0.05, 0.1) is 6.21 Å². The molecule has 1 aromatic carbocycles. The highest BCUT2D eigenvalue weighted by atomic mass is 32.1. The smallest absolute Gasteiger partial charge is 0.184 e. The van der Waals surface area contributed by atoms with E-state index in [9.17, 15) is 0 Å². The van der Waals surface area contributed by atoms with Gasteiger partial charge in [-0.2, -0.15) is 5.10 Å². The lowest BCUT2D eigenvalue weighted by atomic mass is 10.1. The minimum absolute atomic E-state index is 0.156. The SMILES string of the molecule is C=Cc1ccc(C=NNC(N)=S)cc1. The van der Waals surface area contributed by atoms with E-state index >= 15 is 0 Å². The predicted octanol–water partition coefficient (Wildman–Crippen LogP) is 1.50. The van der Waals surface area contributed by atoms with Crippen molar-refractivity contribution in [2.75, 3.05) is 0 Å². The molecule has 3 N–H and O–H groups in total. The molecule has 72 valence electrons. The second kappa shape index (κ2) is 5.14. The molecule has 0 spiro atoms. The number of thiocarbonyl (C=S) groups is 1. The van der Waals surface area contributed by atoms with E-state index in [1.807, 2.05) is 24.3 Å². The van der Waals surface area contributed by atoms with Gasteiger partial charge in [-0.05, 0) is 23.3 Å². The molecule has 0 heterocycles. The fourth-order valence-electron chi connectivity index (χ4n) is 0.889. The number of nitrogens with one attached hydrogen (secondary N) is 1. The Hall–Kier alpha value is -1.68. The van der Waals surface area contributed by atoms with E-state index in [2.05, 4.69) is 29.3 Å². The Morgan fingerprint density at radius 1 is 1.36 bits per heavy atom. The van der Waals surface area contributed by atoms with Gasteiger partial charge < -0.3 is 5.73 Å². The van der Waals surface area contributed by atoms with Gasteiger partial charge in [-0.15, -0.1) is 0 Å². The molecular formula is C10H11N3S. The average molecular weight is 205 g/mol. The summed E-state index contributed by atoms with van der Waals surface area (Å²) < 4.78 is 0. The molecule has 1 aromatic rings. The van der Waals surface area contributed by atoms with Crippen molar-refractivity contribution >= 4 is 29.6 Å². The van der Waals surface area contributed by atoms with Crippen molar-refractivity contribution in [3.8, 4) is 0 Å². The number of rotatable bonds is 3. The van der Waals surface area contributed by atoms with Crippen molar-refractivity contribution in [1.82, 2.24) is 5.43 Å². The van der Waals surface area contributed by atoms with Gasteiger partial charge in [0, 0.05) is 0 Å². The first kappa shape index (κ1) is 10.4. The minimum Gasteiger partial charge on any atom is -0.375 e. The molecule has 1 rings (SSSR count). The van der Waals surface area contributed by atoms with Crippen molar-refractivity contribution in [1.29, 1.82) is 0 Å². The van der Waals surface area contributed by atoms with Crippen molar-refractivity contribution in [2.24, 2.45) is 10.8 Å². The van der Waals surface area contributed by atoms with E-state index in [1.165, 1.54) is 0 Å². The van der Waals surface area contributed by atoms with Gasteiger partial charge in [0.25, 0.3) is 0 Å². The van der Waals surface area contributed by atoms with Gasteiger partial charge >= 0.3 is 0 Å². The van der Waals surface area contributed by atoms with Crippen LogP contribution in [-0.2, 0) is 0 Å². The summed E-state index contributed by atoms with van der Waals surface area (Å²) in [5.41, 5.74) is 9.72. The maximum absolute atomic E-state index is 5.20. The van der Waals surface area contributed by atoms with Crippen LogP contribution in [0, 0.1) is 0 Å². The summed E-state index contributed by atoms with van der Waals surface area (Å²) in [6.07, 6.45) is 3.43. The summed E-state index contributed by atoms with van der Waals surface area (Å²) in [6.45, 7) is 3.67. The van der Waals surface area contributed by atoms with Gasteiger partial charge in [-0.1, -0.05) is 36.9 Å². The number of hydrogen-bond donors (Lipinski definition) is 2. The Labute approximate surface area is 88.3 Å². The van der Waals surface area contributed by atoms with Gasteiger partial charge in [0.15, 0.2) is 5.11 Å². The van der Waals surface area contributed by atoms with E-state index < -0.39 is 0 Å². The summed E-state index contributed by atoms with van der Waals surface area (Å²) in [6, 6.07) is 7.77. The molecular weight excluding hydrogens is 194 g/mol. The molecule has 0 aliphatic carbocycles. The van der Waals surface area contributed by atoms with Crippen LogP contribution in [0.15, 0.2) is 35.9 Å². The quantitative estimate of drug-likeness (QED) is 0.446. The van der Waals surface area contributed by atoms with Gasteiger partial charge in [-0.3, -0.25) is 5.43 Å². The molecule has 0 aromatic heterocycles. The lowest BCUT2D eigenvalue weighted by Crippen LogP contribution is -2.23. The fourth-order valence-corrected chi connectivity index (χ4v) is 0.941. The highest BCUT2D eigenvalue weighted by Crippen LogP contribution is 2.02. The van der Waals surface area contributed by atoms with E-state index in [4.69, 9.17) is 5.73 Å². The molecule has 0 fully saturated rings. The van der Waals surface area contributed by atoms with Crippen molar-refractivity contribution in [2.45, 2.75) is 0 Å². The third-order valence-corrected chi connectivity index (χ3v) is 1.65. The van der Waals surface area contributed by atoms with Crippen molar-refractivity contribution in [3.05, 3.63) is 42.0 Å². The number of hydrazone groups is 1. The van der Waals surface area contributed by atoms with Crippen LogP contribution >= 0.6 is 12.2 Å². The van der Waals surface area contributed by atoms with Crippen LogP contribution in [-0.4, -0.2) is 11.3 Å². The molecule has 14 heavy (non-hydrogen) atoms. The van der Waals surface area contributed by atoms with Crippen LogP contribution in [0.25, 0.3) is 6.08 Å². The van der Waals surface area contributed by atoms with E-state index in [1.54, 1.807) is 12.3 Å². The molecule has 0 amide bonds. The molecule has 4 heteroatoms. The van der Waals surface area contributed by atoms with Gasteiger partial charge in [-0.25, -0.2) is 0 Å². The Balaban J connectivity index is 2.63. The zero-order valence-corrected chi connectivity index (χ0v) is 8.42. The molecule has 0 unspecified atom stereocenters. The van der Waals surface area contributed by atoms with Crippen molar-refractivity contribution < 1.29 is 0 Å². The minimum atomic E-state index is 0.156. The summed E-state index contributed by atoms with van der Waals surface area (Å²) in [5.74, 6) is 0. The van der Waals surface area contributed by atoms with Crippen LogP contribution in [0.1, 0.15) is 11.1 Å². The molecule has 0 radical (unpaired) electrons. The maximum atomic E-state index is 5.20. The van der Waals surface area contributed by atoms with E-state index in [0.717, 1.165) is 11.1 Å². The molecule has 0 saturated heterocycles. The second-order valence-electron chi connectivity index (χ2n) is 2.61. The predicted molar refractivity (Wildman–Crippen MR) is 64.0 cm³/mol. The molecule has 0 aliphatic rings. The molecule has 0 atom stereocenters. The third kappa shape index (κ3) is 3.37. The summed E-state index contributed by atoms with van der Waals surface area (Å²) >= 11 is 4.59. The first-order chi connectivity index (χ1) is 6.72. The number of benzene rings is 1. The lowest BCUT2D eigenvalue weighted by molar-refractivity contribution is 1.04. The lowest BCUT2D eigenvalue weighted by Gasteiger charge is -1.96. The highest BCUT2D eigenvalue weighted by Gasteiger charge is 1.87. The molecule has 0 bridgehead atoms. The third-order valence-electron chi connectivity index (χ3n) is 1.56. The normalized spacial score (nSPS) is 10.0. The van der Waals surface area contributed by atoms with Crippen molar-refractivity contribution in [3.63, 3.8) is 0 Å².